The monoisotopic (exact) mass is 179 g/mol. The molecule has 1 rings (SSSR count). The van der Waals surface area contributed by atoms with Crippen LogP contribution in [0.2, 0.25) is 0 Å². The van der Waals surface area contributed by atoms with Crippen molar-refractivity contribution in [1.29, 1.82) is 0 Å². The molecule has 1 aliphatic rings. The molecule has 0 spiro atoms. The van der Waals surface area contributed by atoms with E-state index in [1.54, 1.807) is 16.7 Å². The van der Waals surface area contributed by atoms with Crippen molar-refractivity contribution in [2.45, 2.75) is 40.0 Å². The fourth-order valence-corrected chi connectivity index (χ4v) is 2.34. The van der Waals surface area contributed by atoms with Gasteiger partial charge in [0.05, 0.1) is 0 Å². The van der Waals surface area contributed by atoms with E-state index in [9.17, 15) is 0 Å². The highest BCUT2D eigenvalue weighted by molar-refractivity contribution is 5.45. The van der Waals surface area contributed by atoms with Crippen molar-refractivity contribution in [3.05, 3.63) is 22.4 Å². The van der Waals surface area contributed by atoms with Crippen molar-refractivity contribution in [1.82, 2.24) is 4.90 Å². The number of nitrogens with zero attached hydrogens (tertiary/aromatic N) is 1. The van der Waals surface area contributed by atoms with E-state index in [0.717, 1.165) is 0 Å². The zero-order chi connectivity index (χ0) is 10.0. The molecule has 13 heavy (non-hydrogen) atoms. The first kappa shape index (κ1) is 10.4. The molecule has 0 heterocycles. The summed E-state index contributed by atoms with van der Waals surface area (Å²) in [5, 5.41) is 0. The van der Waals surface area contributed by atoms with Crippen molar-refractivity contribution in [2.24, 2.45) is 0 Å². The number of likely N-dealkylation sites (N-methyl/N-ethyl adjacent to an activating group) is 1. The Balaban J connectivity index is 3.02. The molecule has 0 amide bonds. The van der Waals surface area contributed by atoms with E-state index < -0.39 is 0 Å². The zero-order valence-corrected chi connectivity index (χ0v) is 9.57. The minimum atomic E-state index is 1.17. The average molecular weight is 179 g/mol. The maximum atomic E-state index is 2.26. The predicted molar refractivity (Wildman–Crippen MR) is 58.6 cm³/mol. The highest BCUT2D eigenvalue weighted by Crippen LogP contribution is 2.36. The van der Waals surface area contributed by atoms with Crippen LogP contribution < -0.4 is 0 Å². The highest BCUT2D eigenvalue weighted by Gasteiger charge is 2.20. The van der Waals surface area contributed by atoms with Gasteiger partial charge in [0, 0.05) is 19.8 Å². The average Bonchev–Trinajstić information content (AvgIpc) is 2.41. The third-order valence-electron chi connectivity index (χ3n) is 2.82. The lowest BCUT2D eigenvalue weighted by atomic mass is 10.0. The molecule has 0 saturated carbocycles. The van der Waals surface area contributed by atoms with Gasteiger partial charge < -0.3 is 4.90 Å². The topological polar surface area (TPSA) is 3.24 Å². The summed E-state index contributed by atoms with van der Waals surface area (Å²) in [6.45, 7) is 6.78. The van der Waals surface area contributed by atoms with E-state index in [0.29, 0.717) is 0 Å². The summed E-state index contributed by atoms with van der Waals surface area (Å²) in [5.41, 5.74) is 6.26. The molecule has 1 heteroatoms. The van der Waals surface area contributed by atoms with Gasteiger partial charge in [-0.05, 0) is 37.3 Å². The molecular weight excluding hydrogens is 158 g/mol. The lowest BCUT2D eigenvalue weighted by Crippen LogP contribution is -2.12. The fraction of sp³-hybridized carbons (Fsp3) is 0.667. The van der Waals surface area contributed by atoms with E-state index in [-0.39, 0.29) is 0 Å². The molecule has 0 aromatic carbocycles. The van der Waals surface area contributed by atoms with Gasteiger partial charge in [0.2, 0.25) is 0 Å². The quantitative estimate of drug-likeness (QED) is 0.642. The Kier molecular flexibility index (Phi) is 3.18. The van der Waals surface area contributed by atoms with E-state index in [1.165, 1.54) is 25.0 Å². The van der Waals surface area contributed by atoms with Crippen LogP contribution in [0, 0.1) is 0 Å². The van der Waals surface area contributed by atoms with Crippen molar-refractivity contribution >= 4 is 0 Å². The Bertz CT molecular complexity index is 256. The number of allylic oxidation sites excluding steroid dienone is 3. The van der Waals surface area contributed by atoms with Crippen LogP contribution in [-0.2, 0) is 0 Å². The summed E-state index contributed by atoms with van der Waals surface area (Å²) in [6, 6.07) is 0. The second-order valence-corrected chi connectivity index (χ2v) is 3.99. The van der Waals surface area contributed by atoms with Crippen LogP contribution in [0.25, 0.3) is 0 Å². The van der Waals surface area contributed by atoms with Crippen LogP contribution >= 0.6 is 0 Å². The van der Waals surface area contributed by atoms with Gasteiger partial charge >= 0.3 is 0 Å². The van der Waals surface area contributed by atoms with Gasteiger partial charge in [0.25, 0.3) is 0 Å². The van der Waals surface area contributed by atoms with Crippen molar-refractivity contribution in [2.75, 3.05) is 14.1 Å². The third kappa shape index (κ3) is 1.79. The minimum absolute atomic E-state index is 1.17. The summed E-state index contributed by atoms with van der Waals surface area (Å²) < 4.78 is 0. The lowest BCUT2D eigenvalue weighted by Gasteiger charge is -2.18. The third-order valence-corrected chi connectivity index (χ3v) is 2.82. The molecule has 0 unspecified atom stereocenters. The van der Waals surface area contributed by atoms with Crippen LogP contribution in [-0.4, -0.2) is 19.0 Å². The van der Waals surface area contributed by atoms with Crippen molar-refractivity contribution < 1.29 is 0 Å². The SMILES string of the molecule is CCC1=C(CC)C(N(C)C)=C(C)C1. The van der Waals surface area contributed by atoms with Crippen LogP contribution in [0.5, 0.6) is 0 Å². The van der Waals surface area contributed by atoms with Gasteiger partial charge in [-0.25, -0.2) is 0 Å². The van der Waals surface area contributed by atoms with E-state index >= 15 is 0 Å². The van der Waals surface area contributed by atoms with Gasteiger partial charge in [-0.15, -0.1) is 0 Å². The van der Waals surface area contributed by atoms with Gasteiger partial charge in [-0.3, -0.25) is 0 Å². The zero-order valence-electron chi connectivity index (χ0n) is 9.57. The minimum Gasteiger partial charge on any atom is -0.377 e. The maximum absolute atomic E-state index is 2.26. The molecule has 0 N–H and O–H groups in total. The van der Waals surface area contributed by atoms with Crippen LogP contribution in [0.3, 0.4) is 0 Å². The lowest BCUT2D eigenvalue weighted by molar-refractivity contribution is 0.514. The van der Waals surface area contributed by atoms with Crippen LogP contribution in [0.4, 0.5) is 0 Å². The first-order valence-electron chi connectivity index (χ1n) is 5.20. The molecule has 0 atom stereocenters. The highest BCUT2D eigenvalue weighted by atomic mass is 15.1. The summed E-state index contributed by atoms with van der Waals surface area (Å²) in [4.78, 5) is 2.26. The summed E-state index contributed by atoms with van der Waals surface area (Å²) in [5.74, 6) is 0. The van der Waals surface area contributed by atoms with Crippen LogP contribution in [0.15, 0.2) is 22.4 Å². The molecule has 1 nitrogen and oxygen atoms in total. The number of hydrogen-bond donors (Lipinski definition) is 0. The van der Waals surface area contributed by atoms with Gasteiger partial charge in [-0.2, -0.15) is 0 Å². The van der Waals surface area contributed by atoms with Crippen molar-refractivity contribution in [3.8, 4) is 0 Å². The van der Waals surface area contributed by atoms with Gasteiger partial charge in [0.15, 0.2) is 0 Å². The van der Waals surface area contributed by atoms with E-state index in [2.05, 4.69) is 39.8 Å². The van der Waals surface area contributed by atoms with Crippen LogP contribution in [0.1, 0.15) is 40.0 Å². The summed E-state index contributed by atoms with van der Waals surface area (Å²) in [6.07, 6.45) is 3.58. The molecule has 0 fully saturated rings. The number of rotatable bonds is 3. The Morgan fingerprint density at radius 3 is 2.15 bits per heavy atom. The Morgan fingerprint density at radius 1 is 1.15 bits per heavy atom. The Morgan fingerprint density at radius 2 is 1.77 bits per heavy atom. The Labute approximate surface area is 82.1 Å². The molecule has 0 aromatic rings. The second-order valence-electron chi connectivity index (χ2n) is 3.99. The second kappa shape index (κ2) is 3.99. The number of hydrogen-bond acceptors (Lipinski definition) is 1. The van der Waals surface area contributed by atoms with E-state index in [1.807, 2.05) is 0 Å². The first-order chi connectivity index (χ1) is 6.11. The summed E-state index contributed by atoms with van der Waals surface area (Å²) in [7, 11) is 4.29. The first-order valence-corrected chi connectivity index (χ1v) is 5.20. The fourth-order valence-electron chi connectivity index (χ4n) is 2.34. The predicted octanol–water partition coefficient (Wildman–Crippen LogP) is 3.34. The molecule has 0 aliphatic heterocycles. The molecule has 0 bridgehead atoms. The standard InChI is InChI=1S/C12H21N/c1-6-10-8-9(3)12(13(4)5)11(10)7-2/h6-8H2,1-5H3. The molecule has 0 radical (unpaired) electrons. The molecule has 0 saturated heterocycles. The summed E-state index contributed by atoms with van der Waals surface area (Å²) >= 11 is 0. The molecule has 0 aromatic heterocycles. The molecule has 1 aliphatic carbocycles. The van der Waals surface area contributed by atoms with Crippen molar-refractivity contribution in [3.63, 3.8) is 0 Å². The Hall–Kier alpha value is -0.720. The van der Waals surface area contributed by atoms with Gasteiger partial charge in [0.1, 0.15) is 0 Å². The molecule has 74 valence electrons. The maximum Gasteiger partial charge on any atom is 0.0385 e. The molecular formula is C12H21N. The smallest absolute Gasteiger partial charge is 0.0385 e. The normalized spacial score (nSPS) is 17.3. The van der Waals surface area contributed by atoms with Gasteiger partial charge in [-0.1, -0.05) is 19.4 Å². The van der Waals surface area contributed by atoms with E-state index in [4.69, 9.17) is 0 Å². The largest absolute Gasteiger partial charge is 0.377 e.